The van der Waals surface area contributed by atoms with Gasteiger partial charge in [-0.15, -0.1) is 0 Å². The number of hydrogen-bond acceptors (Lipinski definition) is 3. The lowest BCUT2D eigenvalue weighted by molar-refractivity contribution is 0.332. The van der Waals surface area contributed by atoms with Crippen molar-refractivity contribution in [3.8, 4) is 5.75 Å². The van der Waals surface area contributed by atoms with E-state index in [4.69, 9.17) is 16.7 Å². The van der Waals surface area contributed by atoms with Crippen molar-refractivity contribution in [2.24, 2.45) is 0 Å². The number of halogens is 1. The Morgan fingerprint density at radius 2 is 2.08 bits per heavy atom. The van der Waals surface area contributed by atoms with E-state index in [0.717, 1.165) is 6.20 Å². The minimum atomic E-state index is -0.478. The van der Waals surface area contributed by atoms with Crippen LogP contribution in [0.1, 0.15) is 20.8 Å². The Labute approximate surface area is 80.8 Å². The van der Waals surface area contributed by atoms with E-state index in [1.807, 2.05) is 20.8 Å². The molecule has 0 aliphatic heterocycles. The van der Waals surface area contributed by atoms with Crippen molar-refractivity contribution >= 4 is 11.6 Å². The molecule has 1 aromatic heterocycles. The molecule has 1 heterocycles. The SMILES string of the molecule is CC(C)(C)n1ncc(O)c(Cl)c1=O. The Bertz CT molecular complexity index is 379. The van der Waals surface area contributed by atoms with E-state index < -0.39 is 11.1 Å². The van der Waals surface area contributed by atoms with Gasteiger partial charge in [0.15, 0.2) is 10.8 Å². The molecule has 13 heavy (non-hydrogen) atoms. The lowest BCUT2D eigenvalue weighted by atomic mass is 10.1. The Kier molecular flexibility index (Phi) is 2.34. The number of rotatable bonds is 0. The van der Waals surface area contributed by atoms with E-state index in [0.29, 0.717) is 0 Å². The van der Waals surface area contributed by atoms with Crippen LogP contribution in [0.4, 0.5) is 0 Å². The second-order valence-corrected chi connectivity index (χ2v) is 4.11. The highest BCUT2D eigenvalue weighted by molar-refractivity contribution is 6.31. The summed E-state index contributed by atoms with van der Waals surface area (Å²) in [5.74, 6) is -0.285. The third-order valence-electron chi connectivity index (χ3n) is 1.54. The molecule has 4 nitrogen and oxygen atoms in total. The molecule has 5 heteroatoms. The maximum atomic E-state index is 11.4. The third-order valence-corrected chi connectivity index (χ3v) is 1.89. The molecule has 0 amide bonds. The first-order valence-corrected chi connectivity index (χ1v) is 4.19. The maximum Gasteiger partial charge on any atom is 0.289 e. The van der Waals surface area contributed by atoms with Gasteiger partial charge in [-0.1, -0.05) is 11.6 Å². The van der Waals surface area contributed by atoms with E-state index in [2.05, 4.69) is 5.10 Å². The van der Waals surface area contributed by atoms with Gasteiger partial charge in [-0.2, -0.15) is 5.10 Å². The van der Waals surface area contributed by atoms with E-state index in [1.54, 1.807) is 0 Å². The molecule has 0 radical (unpaired) electrons. The predicted molar refractivity (Wildman–Crippen MR) is 50.2 cm³/mol. The standard InChI is InChI=1S/C8H11ClN2O2/c1-8(2,3)11-7(13)6(9)5(12)4-10-11/h4,12H,1-3H3. The van der Waals surface area contributed by atoms with Crippen LogP contribution in [0, 0.1) is 0 Å². The summed E-state index contributed by atoms with van der Waals surface area (Å²) in [6.45, 7) is 5.48. The lowest BCUT2D eigenvalue weighted by Gasteiger charge is -2.20. The van der Waals surface area contributed by atoms with Crippen molar-refractivity contribution < 1.29 is 5.11 Å². The molecule has 0 spiro atoms. The number of aromatic nitrogens is 2. The maximum absolute atomic E-state index is 11.4. The second-order valence-electron chi connectivity index (χ2n) is 3.73. The van der Waals surface area contributed by atoms with E-state index in [-0.39, 0.29) is 10.8 Å². The molecule has 0 saturated heterocycles. The molecule has 1 N–H and O–H groups in total. The molecule has 0 unspecified atom stereocenters. The van der Waals surface area contributed by atoms with Crippen molar-refractivity contribution in [2.75, 3.05) is 0 Å². The molecule has 0 aromatic carbocycles. The first kappa shape index (κ1) is 10.1. The van der Waals surface area contributed by atoms with Crippen molar-refractivity contribution in [1.82, 2.24) is 9.78 Å². The van der Waals surface area contributed by atoms with Crippen LogP contribution >= 0.6 is 11.6 Å². The molecule has 72 valence electrons. The zero-order valence-corrected chi connectivity index (χ0v) is 8.46. The van der Waals surface area contributed by atoms with E-state index >= 15 is 0 Å². The molecule has 0 bridgehead atoms. The van der Waals surface area contributed by atoms with Crippen molar-refractivity contribution in [1.29, 1.82) is 0 Å². The molecule has 1 aromatic rings. The number of aromatic hydroxyl groups is 1. The smallest absolute Gasteiger partial charge is 0.289 e. The van der Waals surface area contributed by atoms with Crippen LogP contribution in [-0.4, -0.2) is 14.9 Å². The second kappa shape index (κ2) is 3.03. The van der Waals surface area contributed by atoms with Crippen LogP contribution in [-0.2, 0) is 5.54 Å². The van der Waals surface area contributed by atoms with Gasteiger partial charge in [-0.3, -0.25) is 4.79 Å². The third kappa shape index (κ3) is 1.83. The number of hydrogen-bond donors (Lipinski definition) is 1. The van der Waals surface area contributed by atoms with Crippen LogP contribution in [0.3, 0.4) is 0 Å². The lowest BCUT2D eigenvalue weighted by Crippen LogP contribution is -2.35. The van der Waals surface area contributed by atoms with Crippen LogP contribution in [0.15, 0.2) is 11.0 Å². The Hall–Kier alpha value is -1.03. The summed E-state index contributed by atoms with van der Waals surface area (Å²) in [6.07, 6.45) is 1.16. The van der Waals surface area contributed by atoms with Crippen molar-refractivity contribution in [3.63, 3.8) is 0 Å². The monoisotopic (exact) mass is 202 g/mol. The molecule has 1 rings (SSSR count). The predicted octanol–water partition coefficient (Wildman–Crippen LogP) is 1.36. The highest BCUT2D eigenvalue weighted by atomic mass is 35.5. The topological polar surface area (TPSA) is 55.1 Å². The largest absolute Gasteiger partial charge is 0.505 e. The quantitative estimate of drug-likeness (QED) is 0.691. The first-order valence-electron chi connectivity index (χ1n) is 3.81. The zero-order valence-electron chi connectivity index (χ0n) is 7.71. The van der Waals surface area contributed by atoms with Gasteiger partial charge in [-0.05, 0) is 20.8 Å². The van der Waals surface area contributed by atoms with Gasteiger partial charge in [-0.25, -0.2) is 4.68 Å². The molecular weight excluding hydrogens is 192 g/mol. The Morgan fingerprint density at radius 3 is 2.54 bits per heavy atom. The Morgan fingerprint density at radius 1 is 1.54 bits per heavy atom. The fourth-order valence-electron chi connectivity index (χ4n) is 0.902. The van der Waals surface area contributed by atoms with Crippen molar-refractivity contribution in [3.05, 3.63) is 21.6 Å². The summed E-state index contributed by atoms with van der Waals surface area (Å²) >= 11 is 5.57. The van der Waals surface area contributed by atoms with Crippen molar-refractivity contribution in [2.45, 2.75) is 26.3 Å². The average Bonchev–Trinajstić information content (AvgIpc) is 1.98. The van der Waals surface area contributed by atoms with Crippen LogP contribution in [0.25, 0.3) is 0 Å². The summed E-state index contributed by atoms with van der Waals surface area (Å²) in [5.41, 5.74) is -0.914. The van der Waals surface area contributed by atoms with Crippen LogP contribution in [0.2, 0.25) is 5.02 Å². The Balaban J connectivity index is 3.44. The molecular formula is C8H11ClN2O2. The van der Waals surface area contributed by atoms with Gasteiger partial charge < -0.3 is 5.11 Å². The van der Waals surface area contributed by atoms with E-state index in [9.17, 15) is 4.79 Å². The first-order chi connectivity index (χ1) is 5.84. The minimum absolute atomic E-state index is 0.190. The van der Waals surface area contributed by atoms with Crippen LogP contribution in [0.5, 0.6) is 5.75 Å². The molecule has 0 saturated carbocycles. The summed E-state index contributed by atoms with van der Waals surface area (Å²) in [4.78, 5) is 11.4. The fraction of sp³-hybridized carbons (Fsp3) is 0.500. The normalized spacial score (nSPS) is 11.7. The molecule has 0 aliphatic rings. The highest BCUT2D eigenvalue weighted by Gasteiger charge is 2.18. The van der Waals surface area contributed by atoms with Gasteiger partial charge in [0.1, 0.15) is 0 Å². The van der Waals surface area contributed by atoms with Gasteiger partial charge in [0.05, 0.1) is 11.7 Å². The fourth-order valence-corrected chi connectivity index (χ4v) is 1.03. The molecule has 0 atom stereocenters. The number of nitrogens with zero attached hydrogens (tertiary/aromatic N) is 2. The highest BCUT2D eigenvalue weighted by Crippen LogP contribution is 2.18. The molecule has 0 fully saturated rings. The summed E-state index contributed by atoms with van der Waals surface area (Å²) in [5, 5.41) is 12.7. The summed E-state index contributed by atoms with van der Waals surface area (Å²) < 4.78 is 1.23. The molecule has 0 aliphatic carbocycles. The zero-order chi connectivity index (χ0) is 10.2. The van der Waals surface area contributed by atoms with Gasteiger partial charge in [0.25, 0.3) is 5.56 Å². The van der Waals surface area contributed by atoms with Gasteiger partial charge >= 0.3 is 0 Å². The van der Waals surface area contributed by atoms with E-state index in [1.165, 1.54) is 4.68 Å². The average molecular weight is 203 g/mol. The summed E-state index contributed by atoms with van der Waals surface area (Å²) in [7, 11) is 0. The minimum Gasteiger partial charge on any atom is -0.505 e. The van der Waals surface area contributed by atoms with Gasteiger partial charge in [0, 0.05) is 0 Å². The van der Waals surface area contributed by atoms with Gasteiger partial charge in [0.2, 0.25) is 0 Å². The van der Waals surface area contributed by atoms with Crippen LogP contribution < -0.4 is 5.56 Å². The summed E-state index contributed by atoms with van der Waals surface area (Å²) in [6, 6.07) is 0.